The summed E-state index contributed by atoms with van der Waals surface area (Å²) in [4.78, 5) is 31.7. The van der Waals surface area contributed by atoms with Gasteiger partial charge in [-0.3, -0.25) is 9.59 Å². The Hall–Kier alpha value is -2.47. The summed E-state index contributed by atoms with van der Waals surface area (Å²) in [6, 6.07) is 8.12. The number of H-pyrrole nitrogens is 1. The molecule has 1 fully saturated rings. The third kappa shape index (κ3) is 5.29. The van der Waals surface area contributed by atoms with E-state index in [1.807, 2.05) is 24.3 Å². The second-order valence-corrected chi connectivity index (χ2v) is 7.58. The molecule has 1 aliphatic rings. The van der Waals surface area contributed by atoms with Gasteiger partial charge in [-0.2, -0.15) is 0 Å². The molecule has 0 aliphatic heterocycles. The summed E-state index contributed by atoms with van der Waals surface area (Å²) >= 11 is 0. The Balaban J connectivity index is 1.50. The fourth-order valence-electron chi connectivity index (χ4n) is 3.91. The molecule has 1 aromatic heterocycles. The van der Waals surface area contributed by atoms with Gasteiger partial charge in [0.25, 0.3) is 0 Å². The molecule has 28 heavy (non-hydrogen) atoms. The van der Waals surface area contributed by atoms with E-state index in [0.29, 0.717) is 25.2 Å². The van der Waals surface area contributed by atoms with Crippen LogP contribution in [-0.4, -0.2) is 41.4 Å². The Morgan fingerprint density at radius 3 is 2.89 bits per heavy atom. The molecule has 2 aromatic rings. The number of hydrogen-bond acceptors (Lipinski definition) is 4. The van der Waals surface area contributed by atoms with Crippen molar-refractivity contribution < 1.29 is 14.3 Å². The number of rotatable bonds is 9. The number of benzene rings is 1. The average Bonchev–Trinajstić information content (AvgIpc) is 3.12. The standard InChI is InChI=1S/C22H29N3O3/c1-15(22-24-19-10-3-4-11-20(19)25-22)16-7-5-8-17(13-16)23-21(27)12-6-9-18(26)14-28-2/h3-4,10-11,16-17H,1,5-9,12-14H2,2H3,(H,23,27)(H,24,25). The van der Waals surface area contributed by atoms with Crippen molar-refractivity contribution in [1.82, 2.24) is 15.3 Å². The van der Waals surface area contributed by atoms with Crippen LogP contribution in [0.2, 0.25) is 0 Å². The minimum absolute atomic E-state index is 0.0187. The molecule has 0 bridgehead atoms. The van der Waals surface area contributed by atoms with Gasteiger partial charge in [0, 0.05) is 26.0 Å². The quantitative estimate of drug-likeness (QED) is 0.692. The molecule has 6 nitrogen and oxygen atoms in total. The van der Waals surface area contributed by atoms with E-state index in [9.17, 15) is 9.59 Å². The second-order valence-electron chi connectivity index (χ2n) is 7.58. The minimum Gasteiger partial charge on any atom is -0.377 e. The number of carbonyl (C=O) groups excluding carboxylic acids is 2. The molecule has 0 radical (unpaired) electrons. The molecule has 2 N–H and O–H groups in total. The molecule has 6 heteroatoms. The predicted molar refractivity (Wildman–Crippen MR) is 110 cm³/mol. The number of imidazole rings is 1. The lowest BCUT2D eigenvalue weighted by Crippen LogP contribution is -2.38. The number of hydrogen-bond donors (Lipinski definition) is 2. The molecule has 1 saturated carbocycles. The first-order valence-corrected chi connectivity index (χ1v) is 10.0. The van der Waals surface area contributed by atoms with E-state index in [1.54, 1.807) is 0 Å². The van der Waals surface area contributed by atoms with Crippen LogP contribution < -0.4 is 5.32 Å². The van der Waals surface area contributed by atoms with Crippen LogP contribution in [0, 0.1) is 5.92 Å². The topological polar surface area (TPSA) is 84.1 Å². The summed E-state index contributed by atoms with van der Waals surface area (Å²) in [5.74, 6) is 1.21. The molecule has 1 aliphatic carbocycles. The Labute approximate surface area is 165 Å². The largest absolute Gasteiger partial charge is 0.377 e. The van der Waals surface area contributed by atoms with Gasteiger partial charge in [0.1, 0.15) is 12.4 Å². The maximum absolute atomic E-state index is 12.2. The van der Waals surface area contributed by atoms with Gasteiger partial charge in [-0.05, 0) is 49.3 Å². The Kier molecular flexibility index (Phi) is 6.98. The Morgan fingerprint density at radius 1 is 1.29 bits per heavy atom. The highest BCUT2D eigenvalue weighted by atomic mass is 16.5. The number of ketones is 1. The number of nitrogens with one attached hydrogen (secondary N) is 2. The third-order valence-corrected chi connectivity index (χ3v) is 5.39. The summed E-state index contributed by atoms with van der Waals surface area (Å²) in [7, 11) is 1.50. The molecule has 2 atom stereocenters. The van der Waals surface area contributed by atoms with Gasteiger partial charge in [0.15, 0.2) is 5.78 Å². The van der Waals surface area contributed by atoms with Crippen molar-refractivity contribution in [3.05, 3.63) is 36.7 Å². The van der Waals surface area contributed by atoms with Gasteiger partial charge in [-0.25, -0.2) is 4.98 Å². The van der Waals surface area contributed by atoms with Crippen LogP contribution >= 0.6 is 0 Å². The Morgan fingerprint density at radius 2 is 2.11 bits per heavy atom. The minimum atomic E-state index is 0.0187. The van der Waals surface area contributed by atoms with E-state index in [1.165, 1.54) is 7.11 Å². The van der Waals surface area contributed by atoms with Crippen molar-refractivity contribution >= 4 is 28.3 Å². The number of aromatic nitrogens is 2. The zero-order chi connectivity index (χ0) is 19.9. The highest BCUT2D eigenvalue weighted by Gasteiger charge is 2.26. The fourth-order valence-corrected chi connectivity index (χ4v) is 3.91. The summed E-state index contributed by atoms with van der Waals surface area (Å²) in [6.45, 7) is 4.41. The number of para-hydroxylation sites is 2. The lowest BCUT2D eigenvalue weighted by atomic mass is 9.81. The summed E-state index contributed by atoms with van der Waals surface area (Å²) in [5, 5.41) is 3.13. The number of allylic oxidation sites excluding steroid dienone is 1. The number of Topliss-reactive ketones (excluding diaryl/α,β-unsaturated/α-hetero) is 1. The molecule has 3 rings (SSSR count). The molecule has 1 amide bonds. The van der Waals surface area contributed by atoms with Crippen LogP contribution in [0.25, 0.3) is 16.6 Å². The smallest absolute Gasteiger partial charge is 0.220 e. The van der Waals surface area contributed by atoms with Crippen LogP contribution in [0.1, 0.15) is 50.8 Å². The van der Waals surface area contributed by atoms with Crippen molar-refractivity contribution in [2.75, 3.05) is 13.7 Å². The van der Waals surface area contributed by atoms with Crippen LogP contribution in [0.15, 0.2) is 30.8 Å². The van der Waals surface area contributed by atoms with Crippen molar-refractivity contribution in [3.8, 4) is 0 Å². The molecular weight excluding hydrogens is 354 g/mol. The van der Waals surface area contributed by atoms with Crippen molar-refractivity contribution in [3.63, 3.8) is 0 Å². The molecule has 0 saturated heterocycles. The maximum Gasteiger partial charge on any atom is 0.220 e. The van der Waals surface area contributed by atoms with Crippen molar-refractivity contribution in [1.29, 1.82) is 0 Å². The summed E-state index contributed by atoms with van der Waals surface area (Å²) in [5.41, 5.74) is 2.98. The molecule has 150 valence electrons. The third-order valence-electron chi connectivity index (χ3n) is 5.39. The molecular formula is C22H29N3O3. The van der Waals surface area contributed by atoms with Gasteiger partial charge in [-0.1, -0.05) is 25.1 Å². The lowest BCUT2D eigenvalue weighted by molar-refractivity contribution is -0.123. The number of fused-ring (bicyclic) bond motifs is 1. The average molecular weight is 383 g/mol. The van der Waals surface area contributed by atoms with Gasteiger partial charge < -0.3 is 15.0 Å². The van der Waals surface area contributed by atoms with E-state index in [4.69, 9.17) is 4.74 Å². The van der Waals surface area contributed by atoms with E-state index >= 15 is 0 Å². The van der Waals surface area contributed by atoms with Crippen LogP contribution in [0.3, 0.4) is 0 Å². The van der Waals surface area contributed by atoms with Crippen LogP contribution in [-0.2, 0) is 14.3 Å². The first-order chi connectivity index (χ1) is 13.6. The first kappa shape index (κ1) is 20.3. The van der Waals surface area contributed by atoms with Gasteiger partial charge in [0.2, 0.25) is 5.91 Å². The molecule has 1 heterocycles. The number of ether oxygens (including phenoxy) is 1. The summed E-state index contributed by atoms with van der Waals surface area (Å²) < 4.78 is 4.81. The molecule has 1 aromatic carbocycles. The van der Waals surface area contributed by atoms with Crippen molar-refractivity contribution in [2.24, 2.45) is 5.92 Å². The van der Waals surface area contributed by atoms with E-state index < -0.39 is 0 Å². The normalized spacial score (nSPS) is 19.5. The number of carbonyl (C=O) groups is 2. The van der Waals surface area contributed by atoms with E-state index in [2.05, 4.69) is 21.9 Å². The SMILES string of the molecule is C=C(c1nc2ccccc2[nH]1)C1CCCC(NC(=O)CCCC(=O)COC)C1. The van der Waals surface area contributed by atoms with Crippen LogP contribution in [0.5, 0.6) is 0 Å². The zero-order valence-electron chi connectivity index (χ0n) is 16.5. The zero-order valence-corrected chi connectivity index (χ0v) is 16.5. The number of amides is 1. The highest BCUT2D eigenvalue weighted by Crippen LogP contribution is 2.34. The van der Waals surface area contributed by atoms with E-state index in [-0.39, 0.29) is 24.3 Å². The number of nitrogens with zero attached hydrogens (tertiary/aromatic N) is 1. The second kappa shape index (κ2) is 9.64. The van der Waals surface area contributed by atoms with Gasteiger partial charge in [0.05, 0.1) is 11.0 Å². The van der Waals surface area contributed by atoms with Gasteiger partial charge in [-0.15, -0.1) is 0 Å². The van der Waals surface area contributed by atoms with Crippen LogP contribution in [0.4, 0.5) is 0 Å². The number of aromatic amines is 1. The van der Waals surface area contributed by atoms with E-state index in [0.717, 1.165) is 48.1 Å². The fraction of sp³-hybridized carbons (Fsp3) is 0.500. The molecule has 0 spiro atoms. The maximum atomic E-state index is 12.2. The summed E-state index contributed by atoms with van der Waals surface area (Å²) in [6.07, 6.45) is 5.31. The number of methoxy groups -OCH3 is 1. The first-order valence-electron chi connectivity index (χ1n) is 10.0. The Bertz CT molecular complexity index is 809. The van der Waals surface area contributed by atoms with Crippen molar-refractivity contribution in [2.45, 2.75) is 51.0 Å². The lowest BCUT2D eigenvalue weighted by Gasteiger charge is -2.30. The highest BCUT2D eigenvalue weighted by molar-refractivity contribution is 5.81. The van der Waals surface area contributed by atoms with Gasteiger partial charge >= 0.3 is 0 Å². The predicted octanol–water partition coefficient (Wildman–Crippen LogP) is 3.64. The molecule has 2 unspecified atom stereocenters. The monoisotopic (exact) mass is 383 g/mol.